The van der Waals surface area contributed by atoms with Crippen LogP contribution < -0.4 is 10.0 Å². The molecule has 0 bridgehead atoms. The number of aryl methyl sites for hydroxylation is 1. The van der Waals surface area contributed by atoms with Crippen LogP contribution >= 0.6 is 11.8 Å². The van der Waals surface area contributed by atoms with E-state index in [1.54, 1.807) is 31.5 Å². The van der Waals surface area contributed by atoms with E-state index in [0.717, 1.165) is 18.4 Å². The lowest BCUT2D eigenvalue weighted by Crippen LogP contribution is -2.35. The highest BCUT2D eigenvalue weighted by Gasteiger charge is 2.67. The second kappa shape index (κ2) is 12.5. The fraction of sp³-hybridized carbons (Fsp3) is 0.344. The zero-order chi connectivity index (χ0) is 36.6. The van der Waals surface area contributed by atoms with Crippen molar-refractivity contribution in [1.82, 2.24) is 34.8 Å². The Bertz CT molecular complexity index is 2310. The standard InChI is InChI=1S/C32H28F6N8O3S2/c1-45-28-17(5-4-6-18(28)31(43-45)44-51(3,48)49)25-26(39-12-23(41-25)50-2)21(9-14-7-15(33)10-16(34)8-14)40-22(47)13-46-29-24(27(42-46)30(35)36)19-11-20(19)32(29,37)38/h4-8,10,12,19-21,30H,9,11,13H2,1-3H3,(H,40,47)(H,43,44)/t19-,20+,21-/m0/s1. The number of thioether (sulfide) groups is 1. The maximum absolute atomic E-state index is 15.2. The molecule has 2 N–H and O–H groups in total. The van der Waals surface area contributed by atoms with Gasteiger partial charge in [-0.05, 0) is 48.8 Å². The van der Waals surface area contributed by atoms with Gasteiger partial charge in [0.15, 0.2) is 5.82 Å². The Morgan fingerprint density at radius 3 is 2.51 bits per heavy atom. The maximum atomic E-state index is 15.2. The molecule has 2 aliphatic rings. The van der Waals surface area contributed by atoms with Gasteiger partial charge in [-0.1, -0.05) is 12.1 Å². The lowest BCUT2D eigenvalue weighted by atomic mass is 9.97. The number of alkyl halides is 4. The summed E-state index contributed by atoms with van der Waals surface area (Å²) >= 11 is 1.25. The first-order chi connectivity index (χ1) is 24.0. The normalized spacial score (nSPS) is 18.2. The molecule has 2 aromatic carbocycles. The minimum Gasteiger partial charge on any atom is -0.346 e. The molecular formula is C32H28F6N8O3S2. The Morgan fingerprint density at radius 1 is 1.12 bits per heavy atom. The number of benzene rings is 2. The summed E-state index contributed by atoms with van der Waals surface area (Å²) < 4.78 is 116. The molecule has 51 heavy (non-hydrogen) atoms. The van der Waals surface area contributed by atoms with Gasteiger partial charge in [0.05, 0.1) is 35.4 Å². The molecule has 7 rings (SSSR count). The minimum absolute atomic E-state index is 0.0387. The van der Waals surface area contributed by atoms with Crippen molar-refractivity contribution in [3.63, 3.8) is 0 Å². The van der Waals surface area contributed by atoms with Gasteiger partial charge in [0.25, 0.3) is 12.3 Å². The van der Waals surface area contributed by atoms with E-state index >= 15 is 8.78 Å². The van der Waals surface area contributed by atoms with Crippen molar-refractivity contribution in [2.45, 2.75) is 48.7 Å². The number of aromatic nitrogens is 6. The van der Waals surface area contributed by atoms with Gasteiger partial charge in [-0.3, -0.25) is 23.9 Å². The molecule has 268 valence electrons. The molecule has 1 amide bonds. The Labute approximate surface area is 290 Å². The van der Waals surface area contributed by atoms with Crippen LogP contribution in [0.3, 0.4) is 0 Å². The molecule has 0 unspecified atom stereocenters. The van der Waals surface area contributed by atoms with Crippen LogP contribution in [0.1, 0.15) is 53.0 Å². The lowest BCUT2D eigenvalue weighted by Gasteiger charge is -2.22. The summed E-state index contributed by atoms with van der Waals surface area (Å²) in [4.78, 5) is 23.0. The second-order valence-electron chi connectivity index (χ2n) is 12.5. The van der Waals surface area contributed by atoms with Crippen molar-refractivity contribution in [2.24, 2.45) is 13.0 Å². The highest BCUT2D eigenvalue weighted by atomic mass is 32.2. The molecule has 2 aliphatic carbocycles. The van der Waals surface area contributed by atoms with Gasteiger partial charge < -0.3 is 5.32 Å². The summed E-state index contributed by atoms with van der Waals surface area (Å²) in [5, 5.41) is 11.6. The molecule has 0 spiro atoms. The van der Waals surface area contributed by atoms with Crippen molar-refractivity contribution < 1.29 is 39.6 Å². The molecule has 3 heterocycles. The highest BCUT2D eigenvalue weighted by Crippen LogP contribution is 2.68. The van der Waals surface area contributed by atoms with Crippen LogP contribution in [0.2, 0.25) is 0 Å². The Morgan fingerprint density at radius 2 is 1.84 bits per heavy atom. The molecule has 0 aliphatic heterocycles. The predicted molar refractivity (Wildman–Crippen MR) is 175 cm³/mol. The molecule has 0 radical (unpaired) electrons. The third-order valence-corrected chi connectivity index (χ3v) is 10.1. The summed E-state index contributed by atoms with van der Waals surface area (Å²) in [5.74, 6) is -8.02. The van der Waals surface area contributed by atoms with Crippen LogP contribution in [0, 0.1) is 17.6 Å². The molecule has 0 saturated heterocycles. The van der Waals surface area contributed by atoms with Gasteiger partial charge in [-0.15, -0.1) is 11.8 Å². The number of hydrogen-bond donors (Lipinski definition) is 2. The first kappa shape index (κ1) is 34.8. The van der Waals surface area contributed by atoms with E-state index in [9.17, 15) is 30.8 Å². The number of amides is 1. The summed E-state index contributed by atoms with van der Waals surface area (Å²) in [6.07, 6.45) is 0.786. The maximum Gasteiger partial charge on any atom is 0.293 e. The van der Waals surface area contributed by atoms with E-state index in [-0.39, 0.29) is 41.2 Å². The van der Waals surface area contributed by atoms with Gasteiger partial charge in [0.2, 0.25) is 15.9 Å². The zero-order valence-corrected chi connectivity index (χ0v) is 28.6. The number of para-hydroxylation sites is 1. The molecule has 5 aromatic rings. The van der Waals surface area contributed by atoms with Gasteiger partial charge in [-0.2, -0.15) is 19.0 Å². The summed E-state index contributed by atoms with van der Waals surface area (Å²) in [5.41, 5.74) is -0.519. The van der Waals surface area contributed by atoms with Crippen LogP contribution in [0.15, 0.2) is 47.6 Å². The van der Waals surface area contributed by atoms with E-state index in [0.29, 0.717) is 32.2 Å². The number of rotatable bonds is 11. The summed E-state index contributed by atoms with van der Waals surface area (Å²) in [6, 6.07) is 6.50. The van der Waals surface area contributed by atoms with Crippen LogP contribution in [0.5, 0.6) is 0 Å². The number of nitrogens with zero attached hydrogens (tertiary/aromatic N) is 6. The van der Waals surface area contributed by atoms with Gasteiger partial charge >= 0.3 is 0 Å². The first-order valence-electron chi connectivity index (χ1n) is 15.4. The van der Waals surface area contributed by atoms with E-state index in [2.05, 4.69) is 25.2 Å². The highest BCUT2D eigenvalue weighted by molar-refractivity contribution is 7.98. The number of nitrogens with one attached hydrogen (secondary N) is 2. The summed E-state index contributed by atoms with van der Waals surface area (Å²) in [6.45, 7) is -0.860. The number of carbonyl (C=O) groups excluding carboxylic acids is 1. The molecule has 11 nitrogen and oxygen atoms in total. The Hall–Kier alpha value is -4.65. The third-order valence-electron chi connectivity index (χ3n) is 8.88. The second-order valence-corrected chi connectivity index (χ2v) is 15.0. The molecule has 19 heteroatoms. The van der Waals surface area contributed by atoms with Crippen molar-refractivity contribution in [1.29, 1.82) is 0 Å². The first-order valence-corrected chi connectivity index (χ1v) is 18.5. The number of sulfonamides is 1. The quantitative estimate of drug-likeness (QED) is 0.127. The van der Waals surface area contributed by atoms with E-state index in [1.165, 1.54) is 22.6 Å². The van der Waals surface area contributed by atoms with Gasteiger partial charge in [0.1, 0.15) is 34.6 Å². The third kappa shape index (κ3) is 6.41. The van der Waals surface area contributed by atoms with E-state index in [4.69, 9.17) is 4.98 Å². The largest absolute Gasteiger partial charge is 0.346 e. The van der Waals surface area contributed by atoms with Crippen LogP contribution in [-0.4, -0.2) is 56.4 Å². The van der Waals surface area contributed by atoms with Crippen molar-refractivity contribution in [3.8, 4) is 11.3 Å². The molecule has 1 fully saturated rings. The van der Waals surface area contributed by atoms with Crippen LogP contribution in [0.25, 0.3) is 22.2 Å². The van der Waals surface area contributed by atoms with Gasteiger partial charge in [-0.25, -0.2) is 31.0 Å². The van der Waals surface area contributed by atoms with Crippen molar-refractivity contribution in [2.75, 3.05) is 17.2 Å². The fourth-order valence-corrected chi connectivity index (χ4v) is 7.69. The van der Waals surface area contributed by atoms with Crippen LogP contribution in [-0.2, 0) is 40.8 Å². The molecular weight excluding hydrogens is 723 g/mol. The Kier molecular flexibility index (Phi) is 8.55. The van der Waals surface area contributed by atoms with Crippen molar-refractivity contribution >= 4 is 44.4 Å². The monoisotopic (exact) mass is 750 g/mol. The smallest absolute Gasteiger partial charge is 0.293 e. The van der Waals surface area contributed by atoms with Crippen LogP contribution in [0.4, 0.5) is 32.2 Å². The molecule has 3 atom stereocenters. The van der Waals surface area contributed by atoms with E-state index < -0.39 is 75.7 Å². The SMILES string of the molecule is CSc1cnc([C@H](Cc2cc(F)cc(F)c2)NC(=O)Cn2nc(C(F)F)c3c2C(F)(F)[C@@H]2C[C@H]32)c(-c2cccc3c(NS(C)(=O)=O)nn(C)c23)n1. The molecule has 3 aromatic heterocycles. The zero-order valence-electron chi connectivity index (χ0n) is 27.0. The van der Waals surface area contributed by atoms with E-state index in [1.807, 2.05) is 0 Å². The fourth-order valence-electron chi connectivity index (χ4n) is 6.85. The van der Waals surface area contributed by atoms with Gasteiger partial charge in [0, 0.05) is 35.5 Å². The molecule has 1 saturated carbocycles. The lowest BCUT2D eigenvalue weighted by molar-refractivity contribution is -0.123. The predicted octanol–water partition coefficient (Wildman–Crippen LogP) is 5.85. The average molecular weight is 751 g/mol. The summed E-state index contributed by atoms with van der Waals surface area (Å²) in [7, 11) is -2.14. The number of anilines is 1. The minimum atomic E-state index is -3.72. The number of carbonyl (C=O) groups is 1. The average Bonchev–Trinajstić information content (AvgIpc) is 3.60. The number of hydrogen-bond acceptors (Lipinski definition) is 8. The van der Waals surface area contributed by atoms with Crippen molar-refractivity contribution in [3.05, 3.63) is 82.4 Å². The Balaban J connectivity index is 1.33. The number of fused-ring (bicyclic) bond motifs is 4. The topological polar surface area (TPSA) is 137 Å². The number of halogens is 6.